The fourth-order valence-corrected chi connectivity index (χ4v) is 3.82. The predicted molar refractivity (Wildman–Crippen MR) is 120 cm³/mol. The van der Waals surface area contributed by atoms with Gasteiger partial charge in [0.15, 0.2) is 11.5 Å². The van der Waals surface area contributed by atoms with Crippen molar-refractivity contribution >= 4 is 23.0 Å². The van der Waals surface area contributed by atoms with Gasteiger partial charge in [-0.25, -0.2) is 0 Å². The van der Waals surface area contributed by atoms with Gasteiger partial charge >= 0.3 is 6.61 Å². The van der Waals surface area contributed by atoms with Gasteiger partial charge in [-0.15, -0.1) is 0 Å². The van der Waals surface area contributed by atoms with Gasteiger partial charge < -0.3 is 24.6 Å². The Morgan fingerprint density at radius 2 is 1.88 bits per heavy atom. The molecule has 1 aliphatic heterocycles. The molecule has 11 heteroatoms. The average Bonchev–Trinajstić information content (AvgIpc) is 2.78. The third-order valence-electron chi connectivity index (χ3n) is 5.55. The maximum Gasteiger partial charge on any atom is 0.387 e. The van der Waals surface area contributed by atoms with Gasteiger partial charge in [0.05, 0.1) is 18.1 Å². The summed E-state index contributed by atoms with van der Waals surface area (Å²) in [6.45, 7) is 5.64. The number of benzene rings is 2. The third kappa shape index (κ3) is 5.67. The molecule has 0 radical (unpaired) electrons. The Kier molecular flexibility index (Phi) is 7.64. The smallest absolute Gasteiger partial charge is 0.387 e. The topological polar surface area (TPSA) is 97.2 Å². The molecule has 9 nitrogen and oxygen atoms in total. The zero-order valence-corrected chi connectivity index (χ0v) is 18.6. The molecule has 0 saturated carbocycles. The first kappa shape index (κ1) is 24.2. The van der Waals surface area contributed by atoms with Crippen molar-refractivity contribution in [1.29, 1.82) is 0 Å². The Morgan fingerprint density at radius 1 is 1.18 bits per heavy atom. The molecule has 3 rings (SSSR count). The minimum Gasteiger partial charge on any atom is -0.493 e. The van der Waals surface area contributed by atoms with Crippen LogP contribution in [0.5, 0.6) is 11.5 Å². The molecule has 1 aliphatic rings. The molecule has 1 N–H and O–H groups in total. The molecule has 2 aromatic carbocycles. The van der Waals surface area contributed by atoms with Gasteiger partial charge in [0, 0.05) is 43.6 Å². The molecule has 0 aliphatic carbocycles. The van der Waals surface area contributed by atoms with Crippen LogP contribution in [0.4, 0.5) is 25.8 Å². The number of rotatable bonds is 8. The highest BCUT2D eigenvalue weighted by Gasteiger charge is 2.26. The van der Waals surface area contributed by atoms with E-state index in [9.17, 15) is 23.7 Å². The molecular weight excluding hydrogens is 438 g/mol. The fourth-order valence-electron chi connectivity index (χ4n) is 3.82. The Balaban J connectivity index is 1.82. The minimum atomic E-state index is -3.20. The number of hydrogen-bond acceptors (Lipinski definition) is 7. The van der Waals surface area contributed by atoms with Crippen LogP contribution in [0.3, 0.4) is 0 Å². The van der Waals surface area contributed by atoms with Crippen LogP contribution >= 0.6 is 0 Å². The molecule has 0 spiro atoms. The van der Waals surface area contributed by atoms with Crippen LogP contribution in [0, 0.1) is 17.0 Å². The Morgan fingerprint density at radius 3 is 2.42 bits per heavy atom. The first-order chi connectivity index (χ1) is 15.7. The Hall–Kier alpha value is -3.47. The van der Waals surface area contributed by atoms with Crippen LogP contribution in [0.2, 0.25) is 0 Å². The molecule has 1 amide bonds. The number of nitrogens with one attached hydrogen (secondary N) is 1. The number of nitro benzene ring substituents is 1. The highest BCUT2D eigenvalue weighted by Crippen LogP contribution is 2.36. The summed E-state index contributed by atoms with van der Waals surface area (Å²) in [4.78, 5) is 28.1. The van der Waals surface area contributed by atoms with Crippen molar-refractivity contribution in [2.75, 3.05) is 50.1 Å². The van der Waals surface area contributed by atoms with Crippen molar-refractivity contribution in [3.63, 3.8) is 0 Å². The predicted octanol–water partition coefficient (Wildman–Crippen LogP) is 3.91. The summed E-state index contributed by atoms with van der Waals surface area (Å²) >= 11 is 0. The summed E-state index contributed by atoms with van der Waals surface area (Å²) < 4.78 is 34.5. The number of hydrogen-bond donors (Lipinski definition) is 1. The molecule has 0 bridgehead atoms. The summed E-state index contributed by atoms with van der Waals surface area (Å²) in [5.74, 6) is -1.52. The summed E-state index contributed by atoms with van der Waals surface area (Å²) in [5.41, 5.74) is 1.45. The van der Waals surface area contributed by atoms with Crippen molar-refractivity contribution in [2.45, 2.75) is 20.5 Å². The summed E-state index contributed by atoms with van der Waals surface area (Å²) in [6.07, 6.45) is 0. The molecule has 2 aromatic rings. The maximum absolute atomic E-state index is 12.8. The molecule has 178 valence electrons. The van der Waals surface area contributed by atoms with Crippen LogP contribution in [0.25, 0.3) is 0 Å². The van der Waals surface area contributed by atoms with Crippen molar-refractivity contribution in [3.05, 3.63) is 51.6 Å². The lowest BCUT2D eigenvalue weighted by molar-refractivity contribution is -0.385. The maximum atomic E-state index is 12.8. The van der Waals surface area contributed by atoms with Gasteiger partial charge in [0.2, 0.25) is 0 Å². The van der Waals surface area contributed by atoms with Crippen molar-refractivity contribution < 1.29 is 28.0 Å². The second kappa shape index (κ2) is 10.4. The van der Waals surface area contributed by atoms with Crippen LogP contribution in [0.15, 0.2) is 30.3 Å². The number of piperazine rings is 1. The summed E-state index contributed by atoms with van der Waals surface area (Å²) in [7, 11) is 1.18. The first-order valence-corrected chi connectivity index (χ1v) is 10.4. The number of anilines is 2. The minimum absolute atomic E-state index is 0.219. The number of amides is 1. The number of carbonyl (C=O) groups excluding carboxylic acids is 1. The number of aryl methyl sites for hydroxylation is 1. The third-order valence-corrected chi connectivity index (χ3v) is 5.55. The lowest BCUT2D eigenvalue weighted by Gasteiger charge is -2.36. The SMILES string of the molecule is CCN1CCN(c2ccc(NC(=O)c3cc(OC)c(OC(F)F)cc3[N+](=O)[O-])cc2C)CC1. The highest BCUT2D eigenvalue weighted by atomic mass is 19.3. The van der Waals surface area contributed by atoms with E-state index in [0.29, 0.717) is 5.69 Å². The summed E-state index contributed by atoms with van der Waals surface area (Å²) in [6, 6.07) is 7.19. The molecule has 1 heterocycles. The standard InChI is InChI=1S/C22H26F2N4O5/c1-4-26-7-9-27(10-8-26)17-6-5-15(11-14(17)2)25-21(29)16-12-19(32-3)20(33-22(23)24)13-18(16)28(30)31/h5-6,11-13,22H,4,7-10H2,1-3H3,(H,25,29). The van der Waals surface area contributed by atoms with E-state index in [-0.39, 0.29) is 11.3 Å². The van der Waals surface area contributed by atoms with E-state index < -0.39 is 28.9 Å². The molecule has 33 heavy (non-hydrogen) atoms. The Labute approximate surface area is 190 Å². The van der Waals surface area contributed by atoms with Crippen LogP contribution in [0.1, 0.15) is 22.8 Å². The Bertz CT molecular complexity index is 1030. The van der Waals surface area contributed by atoms with E-state index in [1.165, 1.54) is 7.11 Å². The van der Waals surface area contributed by atoms with Gasteiger partial charge in [-0.3, -0.25) is 14.9 Å². The van der Waals surface area contributed by atoms with Crippen LogP contribution in [-0.4, -0.2) is 62.2 Å². The highest BCUT2D eigenvalue weighted by molar-refractivity contribution is 6.07. The number of likely N-dealkylation sites (N-methyl/N-ethyl adjacent to an activating group) is 1. The van der Waals surface area contributed by atoms with Crippen molar-refractivity contribution in [3.8, 4) is 11.5 Å². The lowest BCUT2D eigenvalue weighted by atomic mass is 10.1. The second-order valence-corrected chi connectivity index (χ2v) is 7.53. The molecule has 1 fully saturated rings. The number of nitrogens with zero attached hydrogens (tertiary/aromatic N) is 3. The van der Waals surface area contributed by atoms with Crippen LogP contribution < -0.4 is 19.7 Å². The second-order valence-electron chi connectivity index (χ2n) is 7.53. The number of alkyl halides is 2. The van der Waals surface area contributed by atoms with Gasteiger partial charge in [-0.1, -0.05) is 6.92 Å². The number of ether oxygens (including phenoxy) is 2. The van der Waals surface area contributed by atoms with Gasteiger partial charge in [0.25, 0.3) is 11.6 Å². The largest absolute Gasteiger partial charge is 0.493 e. The number of carbonyl (C=O) groups is 1. The van der Waals surface area contributed by atoms with E-state index in [1.54, 1.807) is 12.1 Å². The van der Waals surface area contributed by atoms with E-state index in [4.69, 9.17) is 4.74 Å². The van der Waals surface area contributed by atoms with Crippen LogP contribution in [-0.2, 0) is 0 Å². The van der Waals surface area contributed by atoms with E-state index in [1.807, 2.05) is 13.0 Å². The quantitative estimate of drug-likeness (QED) is 0.467. The molecule has 1 saturated heterocycles. The zero-order chi connectivity index (χ0) is 24.1. The number of nitro groups is 1. The van der Waals surface area contributed by atoms with E-state index in [0.717, 1.165) is 56.1 Å². The summed E-state index contributed by atoms with van der Waals surface area (Å²) in [5, 5.41) is 14.1. The van der Waals surface area contributed by atoms with E-state index >= 15 is 0 Å². The zero-order valence-electron chi connectivity index (χ0n) is 18.6. The molecule has 0 atom stereocenters. The molecular formula is C22H26F2N4O5. The normalized spacial score (nSPS) is 14.3. The van der Waals surface area contributed by atoms with Crippen molar-refractivity contribution in [2.24, 2.45) is 0 Å². The first-order valence-electron chi connectivity index (χ1n) is 10.4. The van der Waals surface area contributed by atoms with Gasteiger partial charge in [-0.2, -0.15) is 8.78 Å². The van der Waals surface area contributed by atoms with Crippen molar-refractivity contribution in [1.82, 2.24) is 4.90 Å². The van der Waals surface area contributed by atoms with Gasteiger partial charge in [-0.05, 0) is 37.2 Å². The molecule has 0 unspecified atom stereocenters. The van der Waals surface area contributed by atoms with E-state index in [2.05, 4.69) is 26.8 Å². The molecule has 0 aromatic heterocycles. The fraction of sp³-hybridized carbons (Fsp3) is 0.409. The number of halogens is 2. The van der Waals surface area contributed by atoms with Gasteiger partial charge in [0.1, 0.15) is 5.56 Å². The lowest BCUT2D eigenvalue weighted by Crippen LogP contribution is -2.46. The average molecular weight is 464 g/mol. The number of methoxy groups -OCH3 is 1. The monoisotopic (exact) mass is 464 g/mol.